The van der Waals surface area contributed by atoms with Crippen molar-refractivity contribution in [3.63, 3.8) is 0 Å². The third-order valence-electron chi connectivity index (χ3n) is 13.0. The van der Waals surface area contributed by atoms with Crippen LogP contribution in [0, 0.1) is 0 Å². The topological polar surface area (TPSA) is 78.9 Å². The summed E-state index contributed by atoms with van der Waals surface area (Å²) in [6.07, 6.45) is 72.2. The Morgan fingerprint density at radius 3 is 0.884 bits per heavy atom. The molecule has 0 radical (unpaired) electrons. The summed E-state index contributed by atoms with van der Waals surface area (Å²) in [6.45, 7) is 6.53. The highest BCUT2D eigenvalue weighted by molar-refractivity contribution is 5.71. The average molecular weight is 966 g/mol. The lowest BCUT2D eigenvalue weighted by Crippen LogP contribution is -2.30. The van der Waals surface area contributed by atoms with Gasteiger partial charge in [0.05, 0.1) is 0 Å². The lowest BCUT2D eigenvalue weighted by atomic mass is 10.0. The average Bonchev–Trinajstić information content (AvgIpc) is 3.35. The van der Waals surface area contributed by atoms with Crippen molar-refractivity contribution in [1.29, 1.82) is 0 Å². The van der Waals surface area contributed by atoms with Gasteiger partial charge in [0.2, 0.25) is 0 Å². The first-order valence-corrected chi connectivity index (χ1v) is 29.8. The van der Waals surface area contributed by atoms with Gasteiger partial charge in [0.25, 0.3) is 0 Å². The first-order valence-electron chi connectivity index (χ1n) is 29.8. The Labute approximate surface area is 428 Å². The standard InChI is InChI=1S/C63H112O6/c1-4-7-10-13-16-19-22-24-26-28-30-31-33-34-36-38-41-44-47-50-53-56-62(65)68-59-60(58-67-61(64)55-52-49-46-43-40-21-18-15-12-9-6-3)69-63(66)57-54-51-48-45-42-39-37-35-32-29-27-25-23-20-17-14-11-8-5-2/h8,11,17,20,25,27,32,35,39,42,60H,4-7,9-10,12-16,18-19,21-24,26,28-31,33-34,36-38,40-41,43-59H2,1-3H3/b11-8-,20-17-,27-25-,35-32-,42-39-/t60-/m0/s1. The van der Waals surface area contributed by atoms with E-state index in [1.165, 1.54) is 167 Å². The quantitative estimate of drug-likeness (QED) is 0.0262. The molecule has 0 aliphatic carbocycles. The van der Waals surface area contributed by atoms with Gasteiger partial charge < -0.3 is 14.2 Å². The largest absolute Gasteiger partial charge is 0.462 e. The van der Waals surface area contributed by atoms with E-state index in [9.17, 15) is 14.4 Å². The highest BCUT2D eigenvalue weighted by Crippen LogP contribution is 2.17. The Bertz CT molecular complexity index is 1250. The van der Waals surface area contributed by atoms with E-state index in [2.05, 4.69) is 81.5 Å². The van der Waals surface area contributed by atoms with Crippen LogP contribution in [0.2, 0.25) is 0 Å². The molecule has 0 amide bonds. The van der Waals surface area contributed by atoms with Crippen LogP contribution in [0.4, 0.5) is 0 Å². The molecule has 0 heterocycles. The summed E-state index contributed by atoms with van der Waals surface area (Å²) < 4.78 is 16.9. The highest BCUT2D eigenvalue weighted by atomic mass is 16.6. The van der Waals surface area contributed by atoms with Crippen molar-refractivity contribution < 1.29 is 28.6 Å². The second-order valence-electron chi connectivity index (χ2n) is 19.9. The van der Waals surface area contributed by atoms with Gasteiger partial charge in [0, 0.05) is 19.3 Å². The normalized spacial score (nSPS) is 12.4. The van der Waals surface area contributed by atoms with Crippen LogP contribution in [0.15, 0.2) is 60.8 Å². The fourth-order valence-electron chi connectivity index (χ4n) is 8.59. The maximum atomic E-state index is 12.8. The molecule has 0 fully saturated rings. The molecule has 6 nitrogen and oxygen atoms in total. The first kappa shape index (κ1) is 66.1. The van der Waals surface area contributed by atoms with Crippen LogP contribution in [0.25, 0.3) is 0 Å². The molecule has 6 heteroatoms. The summed E-state index contributed by atoms with van der Waals surface area (Å²) in [7, 11) is 0. The summed E-state index contributed by atoms with van der Waals surface area (Å²) in [5, 5.41) is 0. The predicted molar refractivity (Wildman–Crippen MR) is 298 cm³/mol. The zero-order chi connectivity index (χ0) is 50.0. The van der Waals surface area contributed by atoms with Gasteiger partial charge in [-0.2, -0.15) is 0 Å². The maximum absolute atomic E-state index is 12.8. The summed E-state index contributed by atoms with van der Waals surface area (Å²) in [5.41, 5.74) is 0. The fraction of sp³-hybridized carbons (Fsp3) is 0.794. The van der Waals surface area contributed by atoms with E-state index in [1.54, 1.807) is 0 Å². The summed E-state index contributed by atoms with van der Waals surface area (Å²) in [5.74, 6) is -0.902. The number of carbonyl (C=O) groups excluding carboxylic acids is 3. The number of hydrogen-bond donors (Lipinski definition) is 0. The number of hydrogen-bond acceptors (Lipinski definition) is 6. The van der Waals surface area contributed by atoms with E-state index < -0.39 is 6.10 Å². The third kappa shape index (κ3) is 55.9. The molecule has 0 bridgehead atoms. The molecule has 0 saturated carbocycles. The molecule has 69 heavy (non-hydrogen) atoms. The molecule has 0 spiro atoms. The molecule has 0 saturated heterocycles. The molecule has 0 aliphatic rings. The van der Waals surface area contributed by atoms with Crippen molar-refractivity contribution >= 4 is 17.9 Å². The van der Waals surface area contributed by atoms with Gasteiger partial charge in [-0.25, -0.2) is 0 Å². The van der Waals surface area contributed by atoms with Gasteiger partial charge in [-0.1, -0.05) is 281 Å². The van der Waals surface area contributed by atoms with Crippen LogP contribution in [0.5, 0.6) is 0 Å². The maximum Gasteiger partial charge on any atom is 0.306 e. The Morgan fingerprint density at radius 2 is 0.565 bits per heavy atom. The Balaban J connectivity index is 4.33. The minimum Gasteiger partial charge on any atom is -0.462 e. The van der Waals surface area contributed by atoms with Crippen molar-refractivity contribution in [3.8, 4) is 0 Å². The van der Waals surface area contributed by atoms with E-state index in [1.807, 2.05) is 0 Å². The second kappa shape index (κ2) is 57.7. The van der Waals surface area contributed by atoms with Gasteiger partial charge in [-0.05, 0) is 64.2 Å². The van der Waals surface area contributed by atoms with E-state index in [0.717, 1.165) is 96.3 Å². The molecule has 0 unspecified atom stereocenters. The number of carbonyl (C=O) groups is 3. The van der Waals surface area contributed by atoms with Crippen molar-refractivity contribution in [3.05, 3.63) is 60.8 Å². The number of esters is 3. The van der Waals surface area contributed by atoms with Gasteiger partial charge in [0.1, 0.15) is 13.2 Å². The SMILES string of the molecule is CC/C=C\C/C=C\C/C=C\C/C=C\C/C=C\CCCCCC(=O)O[C@@H](COC(=O)CCCCCCCCCCCCC)COC(=O)CCCCCCCCCCCCCCCCCCCCCCC. The van der Waals surface area contributed by atoms with E-state index in [0.29, 0.717) is 19.3 Å². The van der Waals surface area contributed by atoms with Gasteiger partial charge in [0.15, 0.2) is 6.10 Å². The van der Waals surface area contributed by atoms with Crippen LogP contribution in [-0.4, -0.2) is 37.2 Å². The second-order valence-corrected chi connectivity index (χ2v) is 19.9. The number of rotatable bonds is 54. The molecule has 0 aromatic heterocycles. The Morgan fingerprint density at radius 1 is 0.304 bits per heavy atom. The molecular weight excluding hydrogens is 853 g/mol. The number of allylic oxidation sites excluding steroid dienone is 10. The van der Waals surface area contributed by atoms with Gasteiger partial charge >= 0.3 is 17.9 Å². The number of unbranched alkanes of at least 4 members (excludes halogenated alkanes) is 33. The van der Waals surface area contributed by atoms with Crippen molar-refractivity contribution in [1.82, 2.24) is 0 Å². The molecule has 400 valence electrons. The van der Waals surface area contributed by atoms with Crippen LogP contribution >= 0.6 is 0 Å². The van der Waals surface area contributed by atoms with Gasteiger partial charge in [-0.15, -0.1) is 0 Å². The molecule has 0 N–H and O–H groups in total. The zero-order valence-electron chi connectivity index (χ0n) is 45.8. The highest BCUT2D eigenvalue weighted by Gasteiger charge is 2.19. The minimum absolute atomic E-state index is 0.0837. The Kier molecular flexibility index (Phi) is 55.3. The number of ether oxygens (including phenoxy) is 3. The first-order chi connectivity index (χ1) is 34.0. The van der Waals surface area contributed by atoms with Crippen molar-refractivity contribution in [2.24, 2.45) is 0 Å². The molecular formula is C63H112O6. The van der Waals surface area contributed by atoms with Crippen molar-refractivity contribution in [2.45, 2.75) is 309 Å². The van der Waals surface area contributed by atoms with Crippen LogP contribution in [0.3, 0.4) is 0 Å². The molecule has 0 rings (SSSR count). The lowest BCUT2D eigenvalue weighted by molar-refractivity contribution is -0.167. The lowest BCUT2D eigenvalue weighted by Gasteiger charge is -2.18. The summed E-state index contributed by atoms with van der Waals surface area (Å²) in [4.78, 5) is 38.1. The molecule has 0 aromatic carbocycles. The van der Waals surface area contributed by atoms with Crippen molar-refractivity contribution in [2.75, 3.05) is 13.2 Å². The van der Waals surface area contributed by atoms with E-state index >= 15 is 0 Å². The van der Waals surface area contributed by atoms with Crippen LogP contribution in [-0.2, 0) is 28.6 Å². The van der Waals surface area contributed by atoms with Crippen LogP contribution in [0.1, 0.15) is 303 Å². The van der Waals surface area contributed by atoms with E-state index in [-0.39, 0.29) is 31.1 Å². The summed E-state index contributed by atoms with van der Waals surface area (Å²) >= 11 is 0. The van der Waals surface area contributed by atoms with E-state index in [4.69, 9.17) is 14.2 Å². The molecule has 0 aromatic rings. The minimum atomic E-state index is -0.788. The predicted octanol–water partition coefficient (Wildman–Crippen LogP) is 20.0. The van der Waals surface area contributed by atoms with Gasteiger partial charge in [-0.3, -0.25) is 14.4 Å². The Hall–Kier alpha value is -2.89. The van der Waals surface area contributed by atoms with Crippen LogP contribution < -0.4 is 0 Å². The summed E-state index contributed by atoms with van der Waals surface area (Å²) in [6, 6.07) is 0. The molecule has 0 aliphatic heterocycles. The monoisotopic (exact) mass is 965 g/mol. The molecule has 1 atom stereocenters. The fourth-order valence-corrected chi connectivity index (χ4v) is 8.59. The smallest absolute Gasteiger partial charge is 0.306 e. The third-order valence-corrected chi connectivity index (χ3v) is 13.0. The zero-order valence-corrected chi connectivity index (χ0v) is 45.8.